The number of fused-ring (bicyclic) bond motifs is 8. The Bertz CT molecular complexity index is 3170. The zero-order valence-electron chi connectivity index (χ0n) is 39.3. The van der Waals surface area contributed by atoms with Crippen molar-refractivity contribution in [1.29, 1.82) is 0 Å². The molecule has 4 aromatic heterocycles. The molecule has 1 saturated heterocycles. The van der Waals surface area contributed by atoms with E-state index < -0.39 is 6.29 Å². The minimum absolute atomic E-state index is 0.0272. The summed E-state index contributed by atoms with van der Waals surface area (Å²) >= 11 is 0. The number of benzene rings is 3. The lowest BCUT2D eigenvalue weighted by Gasteiger charge is -2.35. The topological polar surface area (TPSA) is 89.0 Å². The molecule has 0 saturated carbocycles. The Morgan fingerprint density at radius 3 is 1.45 bits per heavy atom. The van der Waals surface area contributed by atoms with Gasteiger partial charge < -0.3 is 23.9 Å². The summed E-state index contributed by atoms with van der Waals surface area (Å²) in [4.78, 5) is 19.1. The monoisotopic (exact) mass is 858 g/mol. The van der Waals surface area contributed by atoms with Gasteiger partial charge in [0.25, 0.3) is 0 Å². The van der Waals surface area contributed by atoms with Crippen LogP contribution in [0.15, 0.2) is 83.5 Å². The first-order chi connectivity index (χ1) is 31.3. The average Bonchev–Trinajstić information content (AvgIpc) is 4.13. The molecule has 0 radical (unpaired) electrons. The van der Waals surface area contributed by atoms with Crippen molar-refractivity contribution in [1.82, 2.24) is 19.9 Å². The van der Waals surface area contributed by atoms with Gasteiger partial charge in [-0.25, -0.2) is 9.97 Å². The summed E-state index contributed by atoms with van der Waals surface area (Å²) in [6.07, 6.45) is 11.6. The van der Waals surface area contributed by atoms with Crippen LogP contribution in [-0.2, 0) is 22.3 Å². The summed E-state index contributed by atoms with van der Waals surface area (Å²) in [6, 6.07) is 26.5. The van der Waals surface area contributed by atoms with Gasteiger partial charge in [0.15, 0.2) is 6.29 Å². The van der Waals surface area contributed by atoms with E-state index in [2.05, 4.69) is 164 Å². The molecule has 10 rings (SSSR count). The van der Waals surface area contributed by atoms with Crippen molar-refractivity contribution in [3.05, 3.63) is 152 Å². The molecule has 1 fully saturated rings. The highest BCUT2D eigenvalue weighted by Crippen LogP contribution is 2.43. The van der Waals surface area contributed by atoms with Gasteiger partial charge in [0, 0.05) is 44.2 Å². The van der Waals surface area contributed by atoms with Crippen molar-refractivity contribution >= 4 is 46.4 Å². The van der Waals surface area contributed by atoms with Crippen molar-refractivity contribution in [2.75, 3.05) is 13.2 Å². The third-order valence-corrected chi connectivity index (χ3v) is 13.3. The van der Waals surface area contributed by atoms with Crippen LogP contribution >= 0.6 is 0 Å². The van der Waals surface area contributed by atoms with Crippen LogP contribution in [-0.4, -0.2) is 33.1 Å². The molecular formula is C58H58N4O3. The molecule has 3 aromatic carbocycles. The zero-order valence-corrected chi connectivity index (χ0v) is 39.3. The summed E-state index contributed by atoms with van der Waals surface area (Å²) in [7, 11) is 0. The SMILES string of the molecule is CCc1cc(C2OCC(C)(C)CO2)c(CC)cc1-c1c2nc(c(-c3c(C)cc(C)cc3C)c3ccc([nH]3)c(-c3ccco3)c3nc(c(-c4c(C)cc(C)cc4C)c4ccc1[nH]4)C=C3)C=C2. The first kappa shape index (κ1) is 42.4. The summed E-state index contributed by atoms with van der Waals surface area (Å²) < 4.78 is 19.0. The molecule has 2 N–H and O–H groups in total. The number of hydrogen-bond donors (Lipinski definition) is 2. The standard InChI is InChI=1S/C58H58N4O3/c1-11-38-29-41(57-64-30-58(9,10)31-65-57)39(12-2)28-40(38)53-42-15-19-46(59-42)55(51-34(5)24-32(3)25-35(51)6)48-21-17-44(61-48)54(50-14-13-23-63-50)45-18-22-49(62-45)56(47-20-16-43(53)60-47)52-36(7)26-33(4)27-37(52)8/h13-29,57,59,62H,11-12,30-31H2,1-10H3. The molecule has 0 amide bonds. The quantitative estimate of drug-likeness (QED) is 0.167. The fraction of sp³-hybridized carbons (Fsp3) is 0.276. The minimum Gasteiger partial charge on any atom is -0.464 e. The summed E-state index contributed by atoms with van der Waals surface area (Å²) in [5, 5.41) is 0. The summed E-state index contributed by atoms with van der Waals surface area (Å²) in [5.74, 6) is 0.738. The van der Waals surface area contributed by atoms with Crippen molar-refractivity contribution in [2.24, 2.45) is 5.41 Å². The molecule has 3 aliphatic rings. The van der Waals surface area contributed by atoms with Crippen LogP contribution in [0.3, 0.4) is 0 Å². The number of aromatic nitrogens is 4. The molecule has 0 aliphatic carbocycles. The minimum atomic E-state index is -0.408. The van der Waals surface area contributed by atoms with E-state index in [4.69, 9.17) is 23.9 Å². The van der Waals surface area contributed by atoms with Crippen LogP contribution in [0.25, 0.3) is 91.1 Å². The van der Waals surface area contributed by atoms with Crippen LogP contribution in [0.4, 0.5) is 0 Å². The van der Waals surface area contributed by atoms with E-state index in [0.29, 0.717) is 13.2 Å². The number of aromatic amines is 2. The van der Waals surface area contributed by atoms with Crippen LogP contribution < -0.4 is 0 Å². The number of hydrogen-bond acceptors (Lipinski definition) is 5. The van der Waals surface area contributed by atoms with E-state index in [1.807, 2.05) is 12.1 Å². The number of furan rings is 1. The Kier molecular flexibility index (Phi) is 10.7. The second-order valence-corrected chi connectivity index (χ2v) is 19.1. The van der Waals surface area contributed by atoms with E-state index >= 15 is 0 Å². The van der Waals surface area contributed by atoms with Gasteiger partial charge in [0.2, 0.25) is 0 Å². The third kappa shape index (κ3) is 7.60. The lowest BCUT2D eigenvalue weighted by Crippen LogP contribution is -2.34. The predicted molar refractivity (Wildman–Crippen MR) is 268 cm³/mol. The zero-order chi connectivity index (χ0) is 45.3. The molecule has 0 atom stereocenters. The smallest absolute Gasteiger partial charge is 0.184 e. The number of H-pyrrole nitrogens is 2. The molecule has 65 heavy (non-hydrogen) atoms. The Morgan fingerprint density at radius 2 is 0.985 bits per heavy atom. The molecule has 7 aromatic rings. The Balaban J connectivity index is 1.37. The Hall–Kier alpha value is -6.54. The summed E-state index contributed by atoms with van der Waals surface area (Å²) in [6.45, 7) is 23.3. The van der Waals surface area contributed by atoms with Gasteiger partial charge in [-0.1, -0.05) is 69.2 Å². The predicted octanol–water partition coefficient (Wildman–Crippen LogP) is 15.0. The molecule has 7 heterocycles. The van der Waals surface area contributed by atoms with Crippen LogP contribution in [0.1, 0.15) is 107 Å². The van der Waals surface area contributed by atoms with Gasteiger partial charge in [-0.3, -0.25) is 0 Å². The van der Waals surface area contributed by atoms with Crippen LogP contribution in [0.5, 0.6) is 0 Å². The van der Waals surface area contributed by atoms with E-state index in [-0.39, 0.29) is 5.41 Å². The van der Waals surface area contributed by atoms with Gasteiger partial charge in [0.1, 0.15) is 5.76 Å². The second-order valence-electron chi connectivity index (χ2n) is 19.1. The summed E-state index contributed by atoms with van der Waals surface area (Å²) in [5.41, 5.74) is 25.5. The number of nitrogens with one attached hydrogen (secondary N) is 2. The van der Waals surface area contributed by atoms with Gasteiger partial charge in [-0.2, -0.15) is 0 Å². The van der Waals surface area contributed by atoms with E-state index in [1.54, 1.807) is 6.26 Å². The fourth-order valence-electron chi connectivity index (χ4n) is 10.5. The van der Waals surface area contributed by atoms with E-state index in [1.165, 1.54) is 44.5 Å². The maximum atomic E-state index is 6.43. The number of ether oxygens (including phenoxy) is 2. The highest BCUT2D eigenvalue weighted by molar-refractivity contribution is 6.01. The lowest BCUT2D eigenvalue weighted by atomic mass is 9.89. The molecule has 7 nitrogen and oxygen atoms in total. The normalized spacial score (nSPS) is 14.7. The Morgan fingerprint density at radius 1 is 0.538 bits per heavy atom. The van der Waals surface area contributed by atoms with Crippen molar-refractivity contribution in [2.45, 2.75) is 88.4 Å². The van der Waals surface area contributed by atoms with Crippen LogP contribution in [0.2, 0.25) is 0 Å². The molecule has 0 unspecified atom stereocenters. The largest absolute Gasteiger partial charge is 0.464 e. The first-order valence-corrected chi connectivity index (χ1v) is 23.1. The van der Waals surface area contributed by atoms with Gasteiger partial charge >= 0.3 is 0 Å². The van der Waals surface area contributed by atoms with E-state index in [0.717, 1.165) is 108 Å². The van der Waals surface area contributed by atoms with Gasteiger partial charge in [0.05, 0.1) is 53.3 Å². The lowest BCUT2D eigenvalue weighted by molar-refractivity contribution is -0.226. The van der Waals surface area contributed by atoms with Crippen LogP contribution in [0, 0.1) is 47.0 Å². The molecule has 7 heteroatoms. The van der Waals surface area contributed by atoms with E-state index in [9.17, 15) is 0 Å². The number of nitrogens with zero attached hydrogens (tertiary/aromatic N) is 2. The van der Waals surface area contributed by atoms with Crippen molar-refractivity contribution in [3.63, 3.8) is 0 Å². The highest BCUT2D eigenvalue weighted by atomic mass is 16.7. The fourth-order valence-corrected chi connectivity index (χ4v) is 10.5. The second kappa shape index (κ2) is 16.5. The maximum Gasteiger partial charge on any atom is 0.184 e. The molecule has 8 bridgehead atoms. The maximum absolute atomic E-state index is 6.43. The highest BCUT2D eigenvalue weighted by Gasteiger charge is 2.31. The van der Waals surface area contributed by atoms with Gasteiger partial charge in [-0.05, 0) is 171 Å². The molecule has 328 valence electrons. The molecule has 3 aliphatic heterocycles. The first-order valence-electron chi connectivity index (χ1n) is 23.1. The van der Waals surface area contributed by atoms with Crippen molar-refractivity contribution in [3.8, 4) is 44.7 Å². The Labute approximate surface area is 382 Å². The number of aryl methyl sites for hydroxylation is 8. The van der Waals surface area contributed by atoms with Crippen molar-refractivity contribution < 1.29 is 13.9 Å². The number of rotatable bonds is 7. The third-order valence-electron chi connectivity index (χ3n) is 13.3. The molecule has 0 spiro atoms. The van der Waals surface area contributed by atoms with Gasteiger partial charge in [-0.15, -0.1) is 0 Å². The average molecular weight is 859 g/mol. The molecular weight excluding hydrogens is 801 g/mol.